The molecule has 1 saturated heterocycles. The van der Waals surface area contributed by atoms with Gasteiger partial charge in [0.25, 0.3) is 5.91 Å². The number of Topliss-reactive ketones (excluding diaryl/α,β-unsaturated/α-hetero) is 1. The highest BCUT2D eigenvalue weighted by Gasteiger charge is 2.43. The van der Waals surface area contributed by atoms with E-state index in [4.69, 9.17) is 0 Å². The first-order valence-electron chi connectivity index (χ1n) is 18.4. The van der Waals surface area contributed by atoms with Crippen molar-refractivity contribution in [1.29, 1.82) is 0 Å². The van der Waals surface area contributed by atoms with Crippen LogP contribution < -0.4 is 21.3 Å². The fraction of sp³-hybridized carbons (Fsp3) is 0.811. The number of amides is 5. The predicted octanol–water partition coefficient (Wildman–Crippen LogP) is 5.35. The van der Waals surface area contributed by atoms with Crippen LogP contribution in [-0.4, -0.2) is 100 Å². The Morgan fingerprint density at radius 1 is 0.940 bits per heavy atom. The van der Waals surface area contributed by atoms with Crippen LogP contribution in [0.4, 0.5) is 4.79 Å². The molecule has 0 radical (unpaired) electrons. The van der Waals surface area contributed by atoms with Gasteiger partial charge in [-0.2, -0.15) is 0 Å². The van der Waals surface area contributed by atoms with Gasteiger partial charge in [0.2, 0.25) is 17.6 Å². The van der Waals surface area contributed by atoms with E-state index in [0.29, 0.717) is 38.8 Å². The van der Waals surface area contributed by atoms with Gasteiger partial charge in [0.1, 0.15) is 12.1 Å². The number of hydrogen-bond acceptors (Lipinski definition) is 6. The molecule has 1 aliphatic heterocycles. The standard InChI is InChI=1S/C30H54N6O6S.C3H8.2C2H6/c1-11-13-15-20(23(37)26(39)31-17-12-2)32-25(38)21-16-14-18-36(21)27(40)24(30(6,7)8)34-28(41)33-22(29(3,4)5)19-35(9)43(10)42;1-3-2;2*1-2/h12,20-22,24H,2,11,13-19H2,1,3-10H3,(H,31,39)(H,32,38)(H2,33,34,41);3H2,1-2H3;2*1-2H3. The molecule has 0 aromatic rings. The van der Waals surface area contributed by atoms with Gasteiger partial charge in [0.15, 0.2) is 0 Å². The van der Waals surface area contributed by atoms with Crippen molar-refractivity contribution in [3.05, 3.63) is 12.7 Å². The molecule has 0 saturated carbocycles. The van der Waals surface area contributed by atoms with E-state index in [-0.39, 0.29) is 18.0 Å². The van der Waals surface area contributed by atoms with Gasteiger partial charge in [-0.05, 0) is 37.1 Å². The topological polar surface area (TPSA) is 157 Å². The number of likely N-dealkylation sites (tertiary alicyclic amines) is 1. The molecule has 294 valence electrons. The summed E-state index contributed by atoms with van der Waals surface area (Å²) in [5.74, 6) is -2.44. The highest BCUT2D eigenvalue weighted by atomic mass is 32.2. The molecule has 5 unspecified atom stereocenters. The number of unbranched alkanes of at least 4 members (excludes halogenated alkanes) is 1. The molecule has 5 atom stereocenters. The van der Waals surface area contributed by atoms with Crippen LogP contribution in [0.3, 0.4) is 0 Å². The van der Waals surface area contributed by atoms with Crippen LogP contribution in [0.2, 0.25) is 0 Å². The number of nitrogens with one attached hydrogen (secondary N) is 4. The van der Waals surface area contributed by atoms with Gasteiger partial charge < -0.3 is 26.2 Å². The van der Waals surface area contributed by atoms with Crippen molar-refractivity contribution in [2.24, 2.45) is 10.8 Å². The second kappa shape index (κ2) is 26.9. The predicted molar refractivity (Wildman–Crippen MR) is 208 cm³/mol. The fourth-order valence-corrected chi connectivity index (χ4v) is 5.06. The third-order valence-corrected chi connectivity index (χ3v) is 8.59. The van der Waals surface area contributed by atoms with E-state index in [1.807, 2.05) is 76.2 Å². The molecule has 12 nitrogen and oxygen atoms in total. The third-order valence-electron chi connectivity index (χ3n) is 7.57. The van der Waals surface area contributed by atoms with E-state index in [9.17, 15) is 28.2 Å². The molecule has 1 fully saturated rings. The zero-order valence-corrected chi connectivity index (χ0v) is 35.0. The number of ketones is 1. The Morgan fingerprint density at radius 3 is 1.92 bits per heavy atom. The third kappa shape index (κ3) is 19.6. The number of urea groups is 1. The summed E-state index contributed by atoms with van der Waals surface area (Å²) in [6, 6.07) is -3.72. The quantitative estimate of drug-likeness (QED) is 0.132. The molecule has 1 aliphatic rings. The second-order valence-electron chi connectivity index (χ2n) is 14.0. The average molecular weight is 731 g/mol. The Bertz CT molecular complexity index is 1060. The van der Waals surface area contributed by atoms with E-state index in [2.05, 4.69) is 41.7 Å². The first-order chi connectivity index (χ1) is 23.3. The Balaban J connectivity index is -0.00000293. The zero-order valence-electron chi connectivity index (χ0n) is 34.2. The average Bonchev–Trinajstić information content (AvgIpc) is 3.55. The minimum atomic E-state index is -1.22. The molecule has 13 heteroatoms. The highest BCUT2D eigenvalue weighted by Crippen LogP contribution is 2.27. The summed E-state index contributed by atoms with van der Waals surface area (Å²) in [5, 5.41) is 11.0. The van der Waals surface area contributed by atoms with E-state index in [1.54, 1.807) is 17.6 Å². The second-order valence-corrected chi connectivity index (χ2v) is 15.5. The first kappa shape index (κ1) is 51.6. The van der Waals surface area contributed by atoms with Crippen molar-refractivity contribution in [2.75, 3.05) is 32.9 Å². The number of carbonyl (C=O) groups excluding carboxylic acids is 5. The van der Waals surface area contributed by atoms with Crippen molar-refractivity contribution < 1.29 is 28.2 Å². The fourth-order valence-electron chi connectivity index (χ4n) is 4.70. The van der Waals surface area contributed by atoms with E-state index in [0.717, 1.165) is 6.42 Å². The molecular weight excluding hydrogens is 657 g/mol. The Morgan fingerprint density at radius 2 is 1.48 bits per heavy atom. The lowest BCUT2D eigenvalue weighted by molar-refractivity contribution is -0.143. The Labute approximate surface area is 307 Å². The van der Waals surface area contributed by atoms with Crippen LogP contribution in [0.25, 0.3) is 0 Å². The monoisotopic (exact) mass is 731 g/mol. The Hall–Kier alpha value is -2.80. The van der Waals surface area contributed by atoms with Crippen LogP contribution in [-0.2, 0) is 30.2 Å². The van der Waals surface area contributed by atoms with Gasteiger partial charge in [-0.1, -0.05) is 115 Å². The van der Waals surface area contributed by atoms with Gasteiger partial charge in [-0.15, -0.1) is 6.58 Å². The molecule has 0 spiro atoms. The maximum Gasteiger partial charge on any atom is 0.315 e. The first-order valence-corrected chi connectivity index (χ1v) is 19.9. The zero-order chi connectivity index (χ0) is 39.8. The van der Waals surface area contributed by atoms with Crippen molar-refractivity contribution in [1.82, 2.24) is 30.5 Å². The van der Waals surface area contributed by atoms with Crippen molar-refractivity contribution >= 4 is 40.5 Å². The number of nitrogens with zero attached hydrogens (tertiary/aromatic N) is 2. The number of rotatable bonds is 15. The molecule has 0 bridgehead atoms. The van der Waals surface area contributed by atoms with E-state index >= 15 is 0 Å². The van der Waals surface area contributed by atoms with Crippen molar-refractivity contribution in [3.63, 3.8) is 0 Å². The summed E-state index contributed by atoms with van der Waals surface area (Å²) in [4.78, 5) is 67.2. The molecule has 5 amide bonds. The molecule has 50 heavy (non-hydrogen) atoms. The smallest absolute Gasteiger partial charge is 0.315 e. The number of carbonyl (C=O) groups is 5. The summed E-state index contributed by atoms with van der Waals surface area (Å²) in [7, 11) is 0.489. The van der Waals surface area contributed by atoms with Gasteiger partial charge >= 0.3 is 6.03 Å². The lowest BCUT2D eigenvalue weighted by atomic mass is 9.85. The summed E-state index contributed by atoms with van der Waals surface area (Å²) < 4.78 is 13.6. The lowest BCUT2D eigenvalue weighted by Gasteiger charge is -2.37. The number of hydrogen-bond donors (Lipinski definition) is 4. The molecule has 0 aliphatic carbocycles. The molecular formula is C37H74N6O6S. The maximum atomic E-state index is 13.9. The molecule has 1 rings (SSSR count). The van der Waals surface area contributed by atoms with Crippen molar-refractivity contribution in [2.45, 2.75) is 153 Å². The lowest BCUT2D eigenvalue weighted by Crippen LogP contribution is -2.61. The van der Waals surface area contributed by atoms with Crippen LogP contribution in [0.1, 0.15) is 129 Å². The minimum absolute atomic E-state index is 0.129. The molecule has 1 heterocycles. The molecule has 4 N–H and O–H groups in total. The normalized spacial score (nSPS) is 16.3. The highest BCUT2D eigenvalue weighted by molar-refractivity contribution is 7.81. The van der Waals surface area contributed by atoms with E-state index < -0.39 is 64.1 Å². The van der Waals surface area contributed by atoms with Gasteiger partial charge in [0.05, 0.1) is 17.0 Å². The minimum Gasteiger partial charge on any atom is -0.346 e. The Kier molecular flexibility index (Phi) is 27.8. The van der Waals surface area contributed by atoms with Gasteiger partial charge in [-0.25, -0.2) is 13.3 Å². The molecule has 0 aromatic carbocycles. The SMILES string of the molecule is C=CCNC(=O)C(=O)C(CCCC)NC(=O)C1CCCN1C(=O)C(NC(=O)NC(CN(C)S(C)=O)C(C)(C)C)C(C)(C)C.CC.CC.CCC. The van der Waals surface area contributed by atoms with Crippen LogP contribution in [0.15, 0.2) is 12.7 Å². The molecule has 0 aromatic heterocycles. The van der Waals surface area contributed by atoms with E-state index in [1.165, 1.54) is 17.4 Å². The van der Waals surface area contributed by atoms with Crippen LogP contribution in [0.5, 0.6) is 0 Å². The summed E-state index contributed by atoms with van der Waals surface area (Å²) in [6.45, 7) is 29.9. The van der Waals surface area contributed by atoms with Gasteiger partial charge in [-0.3, -0.25) is 19.2 Å². The summed E-state index contributed by atoms with van der Waals surface area (Å²) >= 11 is 0. The largest absolute Gasteiger partial charge is 0.346 e. The van der Waals surface area contributed by atoms with Crippen LogP contribution >= 0.6 is 0 Å². The van der Waals surface area contributed by atoms with Gasteiger partial charge in [0, 0.05) is 31.9 Å². The number of likely N-dealkylation sites (N-methyl/N-ethyl adjacent to an activating group) is 1. The summed E-state index contributed by atoms with van der Waals surface area (Å²) in [6.07, 6.45) is 6.94. The van der Waals surface area contributed by atoms with Crippen LogP contribution in [0, 0.1) is 10.8 Å². The maximum absolute atomic E-state index is 13.9. The van der Waals surface area contributed by atoms with Crippen molar-refractivity contribution in [3.8, 4) is 0 Å². The summed E-state index contributed by atoms with van der Waals surface area (Å²) in [5.41, 5.74) is -1.06.